The van der Waals surface area contributed by atoms with Gasteiger partial charge in [-0.3, -0.25) is 9.36 Å². The number of carbonyl (C=O) groups is 1. The summed E-state index contributed by atoms with van der Waals surface area (Å²) in [4.78, 5) is 15.6. The Hall–Kier alpha value is -3.00. The van der Waals surface area contributed by atoms with Gasteiger partial charge in [0.1, 0.15) is 12.9 Å². The highest BCUT2D eigenvalue weighted by Crippen LogP contribution is 2.28. The largest absolute Gasteiger partial charge is 0.493 e. The lowest BCUT2D eigenvalue weighted by molar-refractivity contribution is 0.0969. The van der Waals surface area contributed by atoms with Crippen molar-refractivity contribution in [2.24, 2.45) is 0 Å². The van der Waals surface area contributed by atoms with Crippen LogP contribution in [-0.4, -0.2) is 29.2 Å². The van der Waals surface area contributed by atoms with Gasteiger partial charge in [-0.05, 0) is 23.8 Å². The van der Waals surface area contributed by atoms with E-state index in [4.69, 9.17) is 15.9 Å². The molecule has 2 rings (SSSR count). The van der Waals surface area contributed by atoms with Crippen LogP contribution >= 0.6 is 0 Å². The molecule has 0 aliphatic rings. The Bertz CT molecular complexity index is 682. The molecule has 0 atom stereocenters. The molecule has 5 heteroatoms. The number of aromatic nitrogens is 2. The number of carbonyl (C=O) groups excluding carboxylic acids is 1. The molecule has 0 unspecified atom stereocenters. The Balaban J connectivity index is 2.14. The average molecular weight is 282 g/mol. The fraction of sp³-hybridized carbons (Fsp3) is 0.125. The van der Waals surface area contributed by atoms with Gasteiger partial charge in [0, 0.05) is 18.5 Å². The predicted octanol–water partition coefficient (Wildman–Crippen LogP) is 2.26. The zero-order valence-electron chi connectivity index (χ0n) is 11.5. The fourth-order valence-electron chi connectivity index (χ4n) is 1.67. The average Bonchev–Trinajstić information content (AvgIpc) is 3.05. The van der Waals surface area contributed by atoms with E-state index in [9.17, 15) is 4.79 Å². The molecule has 0 spiro atoms. The van der Waals surface area contributed by atoms with Crippen molar-refractivity contribution in [3.05, 3.63) is 48.6 Å². The maximum atomic E-state index is 11.8. The van der Waals surface area contributed by atoms with Crippen LogP contribution in [0, 0.1) is 12.3 Å². The Kier molecular flexibility index (Phi) is 4.78. The molecule has 0 saturated carbocycles. The minimum absolute atomic E-state index is 0.171. The number of hydrogen-bond acceptors (Lipinski definition) is 4. The van der Waals surface area contributed by atoms with E-state index >= 15 is 0 Å². The molecule has 0 bridgehead atoms. The third-order valence-electron chi connectivity index (χ3n) is 2.68. The van der Waals surface area contributed by atoms with Crippen LogP contribution in [0.1, 0.15) is 10.4 Å². The lowest BCUT2D eigenvalue weighted by Gasteiger charge is -2.09. The lowest BCUT2D eigenvalue weighted by atomic mass is 10.2. The number of hydrogen-bond donors (Lipinski definition) is 0. The second-order valence-electron chi connectivity index (χ2n) is 4.04. The summed E-state index contributed by atoms with van der Waals surface area (Å²) < 4.78 is 12.0. The van der Waals surface area contributed by atoms with Crippen molar-refractivity contribution >= 4 is 12.0 Å². The SMILES string of the molecule is C#CCOc1ccc(/C=C/C(=O)n2ccnc2)cc1OC. The van der Waals surface area contributed by atoms with Gasteiger partial charge in [0.2, 0.25) is 0 Å². The van der Waals surface area contributed by atoms with Crippen molar-refractivity contribution in [2.45, 2.75) is 0 Å². The van der Waals surface area contributed by atoms with Crippen LogP contribution in [0.25, 0.3) is 6.08 Å². The van der Waals surface area contributed by atoms with Crippen molar-refractivity contribution in [2.75, 3.05) is 13.7 Å². The quantitative estimate of drug-likeness (QED) is 0.623. The van der Waals surface area contributed by atoms with Crippen LogP contribution in [0.2, 0.25) is 0 Å². The Labute approximate surface area is 122 Å². The number of allylic oxidation sites excluding steroid dienone is 1. The van der Waals surface area contributed by atoms with Gasteiger partial charge in [-0.15, -0.1) is 6.42 Å². The number of rotatable bonds is 5. The molecule has 0 aliphatic carbocycles. The van der Waals surface area contributed by atoms with E-state index in [0.29, 0.717) is 11.5 Å². The molecule has 106 valence electrons. The molecule has 0 saturated heterocycles. The molecule has 0 amide bonds. The number of imidazole rings is 1. The lowest BCUT2D eigenvalue weighted by Crippen LogP contribution is -2.03. The summed E-state index contributed by atoms with van der Waals surface area (Å²) in [6, 6.07) is 5.33. The number of nitrogens with zero attached hydrogens (tertiary/aromatic N) is 2. The Morgan fingerprint density at radius 3 is 3.00 bits per heavy atom. The van der Waals surface area contributed by atoms with Crippen LogP contribution in [0.3, 0.4) is 0 Å². The van der Waals surface area contributed by atoms with Gasteiger partial charge < -0.3 is 9.47 Å². The van der Waals surface area contributed by atoms with Crippen LogP contribution in [-0.2, 0) is 0 Å². The molecular weight excluding hydrogens is 268 g/mol. The normalized spacial score (nSPS) is 10.3. The molecule has 0 fully saturated rings. The first-order valence-corrected chi connectivity index (χ1v) is 6.19. The van der Waals surface area contributed by atoms with Gasteiger partial charge in [-0.2, -0.15) is 0 Å². The van der Waals surface area contributed by atoms with Crippen molar-refractivity contribution in [3.8, 4) is 23.8 Å². The summed E-state index contributed by atoms with van der Waals surface area (Å²) in [7, 11) is 1.54. The van der Waals surface area contributed by atoms with Gasteiger partial charge in [0.25, 0.3) is 5.91 Å². The van der Waals surface area contributed by atoms with E-state index in [1.54, 1.807) is 37.7 Å². The van der Waals surface area contributed by atoms with Crippen LogP contribution < -0.4 is 9.47 Å². The van der Waals surface area contributed by atoms with Gasteiger partial charge in [0.05, 0.1) is 7.11 Å². The zero-order chi connectivity index (χ0) is 15.1. The van der Waals surface area contributed by atoms with Crippen LogP contribution in [0.5, 0.6) is 11.5 Å². The maximum Gasteiger partial charge on any atom is 0.255 e. The minimum Gasteiger partial charge on any atom is -0.493 e. The van der Waals surface area contributed by atoms with Crippen LogP contribution in [0.4, 0.5) is 0 Å². The molecule has 0 radical (unpaired) electrons. The number of terminal acetylenes is 1. The summed E-state index contributed by atoms with van der Waals surface area (Å²) >= 11 is 0. The second kappa shape index (κ2) is 6.96. The van der Waals surface area contributed by atoms with E-state index in [-0.39, 0.29) is 12.5 Å². The van der Waals surface area contributed by atoms with Crippen LogP contribution in [0.15, 0.2) is 43.0 Å². The third-order valence-corrected chi connectivity index (χ3v) is 2.68. The summed E-state index contributed by atoms with van der Waals surface area (Å²) in [5.41, 5.74) is 0.813. The van der Waals surface area contributed by atoms with E-state index in [0.717, 1.165) is 5.56 Å². The molecule has 2 aromatic rings. The summed E-state index contributed by atoms with van der Waals surface area (Å²) in [5, 5.41) is 0. The minimum atomic E-state index is -0.181. The smallest absolute Gasteiger partial charge is 0.255 e. The number of ether oxygens (including phenoxy) is 2. The zero-order valence-corrected chi connectivity index (χ0v) is 11.5. The highest BCUT2D eigenvalue weighted by molar-refractivity contribution is 5.93. The standard InChI is InChI=1S/C16H14N2O3/c1-3-10-21-14-6-4-13(11-15(14)20-2)5-7-16(19)18-9-8-17-12-18/h1,4-9,11-12H,10H2,2H3/b7-5+. The maximum absolute atomic E-state index is 11.8. The van der Waals surface area contributed by atoms with Gasteiger partial charge >= 0.3 is 0 Å². The monoisotopic (exact) mass is 282 g/mol. The van der Waals surface area contributed by atoms with E-state index in [2.05, 4.69) is 10.9 Å². The number of benzene rings is 1. The molecule has 1 heterocycles. The van der Waals surface area contributed by atoms with Crippen molar-refractivity contribution in [1.29, 1.82) is 0 Å². The van der Waals surface area contributed by atoms with Crippen molar-refractivity contribution in [3.63, 3.8) is 0 Å². The van der Waals surface area contributed by atoms with Crippen molar-refractivity contribution < 1.29 is 14.3 Å². The van der Waals surface area contributed by atoms with Crippen molar-refractivity contribution in [1.82, 2.24) is 9.55 Å². The summed E-state index contributed by atoms with van der Waals surface area (Å²) in [6.07, 6.45) is 12.9. The first-order valence-electron chi connectivity index (χ1n) is 6.19. The molecular formula is C16H14N2O3. The first kappa shape index (κ1) is 14.4. The Morgan fingerprint density at radius 1 is 1.48 bits per heavy atom. The Morgan fingerprint density at radius 2 is 2.33 bits per heavy atom. The number of methoxy groups -OCH3 is 1. The topological polar surface area (TPSA) is 53.4 Å². The predicted molar refractivity (Wildman–Crippen MR) is 79.2 cm³/mol. The van der Waals surface area contributed by atoms with E-state index in [1.165, 1.54) is 17.0 Å². The second-order valence-corrected chi connectivity index (χ2v) is 4.04. The van der Waals surface area contributed by atoms with Gasteiger partial charge in [-0.1, -0.05) is 12.0 Å². The van der Waals surface area contributed by atoms with Gasteiger partial charge in [0.15, 0.2) is 11.5 Å². The molecule has 5 nitrogen and oxygen atoms in total. The molecule has 1 aromatic carbocycles. The highest BCUT2D eigenvalue weighted by Gasteiger charge is 2.04. The molecule has 1 aromatic heterocycles. The summed E-state index contributed by atoms with van der Waals surface area (Å²) in [6.45, 7) is 0.171. The summed E-state index contributed by atoms with van der Waals surface area (Å²) in [5.74, 6) is 3.33. The fourth-order valence-corrected chi connectivity index (χ4v) is 1.67. The molecule has 0 N–H and O–H groups in total. The molecule has 0 aliphatic heterocycles. The van der Waals surface area contributed by atoms with Gasteiger partial charge in [-0.25, -0.2) is 4.98 Å². The molecule has 21 heavy (non-hydrogen) atoms. The third kappa shape index (κ3) is 3.74. The van der Waals surface area contributed by atoms with E-state index < -0.39 is 0 Å². The first-order chi connectivity index (χ1) is 10.2. The highest BCUT2D eigenvalue weighted by atomic mass is 16.5. The van der Waals surface area contributed by atoms with E-state index in [1.807, 2.05) is 6.07 Å².